The predicted molar refractivity (Wildman–Crippen MR) is 85.3 cm³/mol. The number of hydrogen-bond acceptors (Lipinski definition) is 4. The molecule has 2 fully saturated rings. The highest BCUT2D eigenvalue weighted by Gasteiger charge is 2.35. The zero-order valence-electron chi connectivity index (χ0n) is 13.3. The Bertz CT molecular complexity index is 584. The van der Waals surface area contributed by atoms with E-state index in [1.165, 1.54) is 0 Å². The molecule has 1 aromatic carbocycles. The van der Waals surface area contributed by atoms with Gasteiger partial charge < -0.3 is 19.7 Å². The summed E-state index contributed by atoms with van der Waals surface area (Å²) in [5, 5.41) is 2.86. The molecule has 2 aliphatic rings. The number of likely N-dealkylation sites (tertiary alicyclic amines) is 1. The highest BCUT2D eigenvalue weighted by molar-refractivity contribution is 5.97. The molecule has 6 nitrogen and oxygen atoms in total. The maximum Gasteiger partial charge on any atom is 0.229 e. The van der Waals surface area contributed by atoms with Crippen molar-refractivity contribution < 1.29 is 19.1 Å². The van der Waals surface area contributed by atoms with Crippen molar-refractivity contribution in [3.63, 3.8) is 0 Å². The largest absolute Gasteiger partial charge is 0.497 e. The number of benzene rings is 1. The summed E-state index contributed by atoms with van der Waals surface area (Å²) in [5.74, 6) is 0.285. The number of amides is 2. The molecule has 2 aliphatic heterocycles. The van der Waals surface area contributed by atoms with Gasteiger partial charge in [-0.25, -0.2) is 0 Å². The summed E-state index contributed by atoms with van der Waals surface area (Å²) in [5.41, 5.74) is 0.680. The number of nitrogens with zero attached hydrogens (tertiary/aromatic N) is 1. The van der Waals surface area contributed by atoms with Gasteiger partial charge in [0.15, 0.2) is 0 Å². The number of carbonyl (C=O) groups is 2. The fraction of sp³-hybridized carbons (Fsp3) is 0.529. The molecule has 0 spiro atoms. The number of rotatable bonds is 5. The molecule has 6 heteroatoms. The number of carbonyl (C=O) groups excluding carboxylic acids is 2. The fourth-order valence-electron chi connectivity index (χ4n) is 3.10. The second-order valence-corrected chi connectivity index (χ2v) is 6.06. The topological polar surface area (TPSA) is 67.9 Å². The minimum atomic E-state index is -0.310. The zero-order valence-corrected chi connectivity index (χ0v) is 13.3. The van der Waals surface area contributed by atoms with Gasteiger partial charge in [-0.15, -0.1) is 0 Å². The van der Waals surface area contributed by atoms with Crippen molar-refractivity contribution in [2.24, 2.45) is 5.92 Å². The van der Waals surface area contributed by atoms with Gasteiger partial charge in [0, 0.05) is 37.9 Å². The molecule has 2 saturated heterocycles. The second kappa shape index (κ2) is 7.00. The minimum absolute atomic E-state index is 0.0336. The summed E-state index contributed by atoms with van der Waals surface area (Å²) in [6.07, 6.45) is 2.43. The van der Waals surface area contributed by atoms with Crippen molar-refractivity contribution in [3.05, 3.63) is 24.3 Å². The van der Waals surface area contributed by atoms with Crippen molar-refractivity contribution in [3.8, 4) is 5.75 Å². The molecule has 0 radical (unpaired) electrons. The van der Waals surface area contributed by atoms with Gasteiger partial charge in [-0.2, -0.15) is 0 Å². The molecule has 1 aromatic rings. The first-order valence-electron chi connectivity index (χ1n) is 8.00. The Hall–Kier alpha value is -2.08. The SMILES string of the molecule is COc1cccc(NC(=O)C2CC(=O)N(CC3CCCO3)C2)c1. The average Bonchev–Trinajstić information content (AvgIpc) is 3.18. The summed E-state index contributed by atoms with van der Waals surface area (Å²) in [6, 6.07) is 7.20. The van der Waals surface area contributed by atoms with Gasteiger partial charge in [0.2, 0.25) is 11.8 Å². The molecule has 2 heterocycles. The summed E-state index contributed by atoms with van der Waals surface area (Å²) in [7, 11) is 1.58. The van der Waals surface area contributed by atoms with Crippen LogP contribution in [-0.4, -0.2) is 49.6 Å². The summed E-state index contributed by atoms with van der Waals surface area (Å²) in [4.78, 5) is 26.2. The van der Waals surface area contributed by atoms with Crippen LogP contribution in [0.2, 0.25) is 0 Å². The van der Waals surface area contributed by atoms with E-state index in [0.717, 1.165) is 19.4 Å². The Labute approximate surface area is 135 Å². The molecule has 0 saturated carbocycles. The highest BCUT2D eigenvalue weighted by atomic mass is 16.5. The first-order valence-corrected chi connectivity index (χ1v) is 8.00. The van der Waals surface area contributed by atoms with Crippen molar-refractivity contribution in [1.82, 2.24) is 4.90 Å². The van der Waals surface area contributed by atoms with Gasteiger partial charge >= 0.3 is 0 Å². The molecule has 0 bridgehead atoms. The van der Waals surface area contributed by atoms with E-state index < -0.39 is 0 Å². The lowest BCUT2D eigenvalue weighted by Gasteiger charge is -2.20. The van der Waals surface area contributed by atoms with Crippen LogP contribution in [-0.2, 0) is 14.3 Å². The molecule has 1 N–H and O–H groups in total. The molecule has 0 aliphatic carbocycles. The summed E-state index contributed by atoms with van der Waals surface area (Å²) in [6.45, 7) is 1.84. The lowest BCUT2D eigenvalue weighted by atomic mass is 10.1. The fourth-order valence-corrected chi connectivity index (χ4v) is 3.10. The molecule has 2 unspecified atom stereocenters. The number of hydrogen-bond donors (Lipinski definition) is 1. The molecule has 124 valence electrons. The quantitative estimate of drug-likeness (QED) is 0.896. The Kier molecular flexibility index (Phi) is 4.81. The lowest BCUT2D eigenvalue weighted by molar-refractivity contribution is -0.129. The predicted octanol–water partition coefficient (Wildman–Crippen LogP) is 1.66. The van der Waals surface area contributed by atoms with Crippen LogP contribution in [0.4, 0.5) is 5.69 Å². The van der Waals surface area contributed by atoms with Crippen LogP contribution in [0.15, 0.2) is 24.3 Å². The number of methoxy groups -OCH3 is 1. The van der Waals surface area contributed by atoms with Gasteiger partial charge in [0.25, 0.3) is 0 Å². The summed E-state index contributed by atoms with van der Waals surface area (Å²) >= 11 is 0. The zero-order chi connectivity index (χ0) is 16.2. The van der Waals surface area contributed by atoms with Crippen molar-refractivity contribution in [2.45, 2.75) is 25.4 Å². The van der Waals surface area contributed by atoms with Gasteiger partial charge in [0.05, 0.1) is 19.1 Å². The van der Waals surface area contributed by atoms with E-state index in [4.69, 9.17) is 9.47 Å². The lowest BCUT2D eigenvalue weighted by Crippen LogP contribution is -2.34. The third-order valence-electron chi connectivity index (χ3n) is 4.37. The van der Waals surface area contributed by atoms with Gasteiger partial charge in [-0.1, -0.05) is 6.07 Å². The third-order valence-corrected chi connectivity index (χ3v) is 4.37. The van der Waals surface area contributed by atoms with Crippen LogP contribution < -0.4 is 10.1 Å². The van der Waals surface area contributed by atoms with Crippen LogP contribution in [0.5, 0.6) is 5.75 Å². The van der Waals surface area contributed by atoms with Crippen LogP contribution >= 0.6 is 0 Å². The molecule has 2 amide bonds. The van der Waals surface area contributed by atoms with Crippen LogP contribution in [0.1, 0.15) is 19.3 Å². The highest BCUT2D eigenvalue weighted by Crippen LogP contribution is 2.23. The van der Waals surface area contributed by atoms with E-state index in [1.54, 1.807) is 24.1 Å². The maximum atomic E-state index is 12.4. The van der Waals surface area contributed by atoms with Crippen LogP contribution in [0.3, 0.4) is 0 Å². The third kappa shape index (κ3) is 3.82. The monoisotopic (exact) mass is 318 g/mol. The van der Waals surface area contributed by atoms with Crippen molar-refractivity contribution >= 4 is 17.5 Å². The number of ether oxygens (including phenoxy) is 2. The Morgan fingerprint density at radius 2 is 2.35 bits per heavy atom. The standard InChI is InChI=1S/C17H22N2O4/c1-22-14-5-2-4-13(9-14)18-17(21)12-8-16(20)19(10-12)11-15-6-3-7-23-15/h2,4-5,9,12,15H,3,6-8,10-11H2,1H3,(H,18,21). The Morgan fingerprint density at radius 3 is 3.09 bits per heavy atom. The van der Waals surface area contributed by atoms with Gasteiger partial charge in [-0.3, -0.25) is 9.59 Å². The van der Waals surface area contributed by atoms with Crippen LogP contribution in [0.25, 0.3) is 0 Å². The second-order valence-electron chi connectivity index (χ2n) is 6.06. The van der Waals surface area contributed by atoms with Crippen molar-refractivity contribution in [2.75, 3.05) is 32.1 Å². The van der Waals surface area contributed by atoms with Gasteiger partial charge in [0.1, 0.15) is 5.75 Å². The molecular weight excluding hydrogens is 296 g/mol. The minimum Gasteiger partial charge on any atom is -0.497 e. The van der Waals surface area contributed by atoms with E-state index >= 15 is 0 Å². The van der Waals surface area contributed by atoms with Crippen LogP contribution in [0, 0.1) is 5.92 Å². The normalized spacial score (nSPS) is 24.0. The molecule has 0 aromatic heterocycles. The molecule has 3 rings (SSSR count). The first-order chi connectivity index (χ1) is 11.2. The van der Waals surface area contributed by atoms with Gasteiger partial charge in [-0.05, 0) is 25.0 Å². The average molecular weight is 318 g/mol. The smallest absolute Gasteiger partial charge is 0.229 e. The van der Waals surface area contributed by atoms with E-state index in [-0.39, 0.29) is 30.3 Å². The van der Waals surface area contributed by atoms with E-state index in [0.29, 0.717) is 24.5 Å². The molecule has 23 heavy (non-hydrogen) atoms. The Balaban J connectivity index is 1.56. The first kappa shape index (κ1) is 15.8. The van der Waals surface area contributed by atoms with E-state index in [2.05, 4.69) is 5.32 Å². The number of nitrogens with one attached hydrogen (secondary N) is 1. The van der Waals surface area contributed by atoms with E-state index in [9.17, 15) is 9.59 Å². The van der Waals surface area contributed by atoms with Crippen molar-refractivity contribution in [1.29, 1.82) is 0 Å². The Morgan fingerprint density at radius 1 is 1.48 bits per heavy atom. The van der Waals surface area contributed by atoms with E-state index in [1.807, 2.05) is 12.1 Å². The maximum absolute atomic E-state index is 12.4. The number of anilines is 1. The molecule has 2 atom stereocenters. The summed E-state index contributed by atoms with van der Waals surface area (Å²) < 4.78 is 10.7. The molecular formula is C17H22N2O4.